The highest BCUT2D eigenvalue weighted by atomic mass is 16.1. The fraction of sp³-hybridized carbons (Fsp3) is 0.929. The Balaban J connectivity index is 2.34. The van der Waals surface area contributed by atoms with Crippen molar-refractivity contribution >= 4 is 5.91 Å². The van der Waals surface area contributed by atoms with E-state index in [1.165, 1.54) is 12.8 Å². The predicted octanol–water partition coefficient (Wildman–Crippen LogP) is 2.59. The second-order valence-electron chi connectivity index (χ2n) is 7.04. The van der Waals surface area contributed by atoms with E-state index >= 15 is 0 Å². The van der Waals surface area contributed by atoms with Crippen molar-refractivity contribution < 1.29 is 4.79 Å². The van der Waals surface area contributed by atoms with Crippen LogP contribution in [0.3, 0.4) is 0 Å². The number of hydrogen-bond donors (Lipinski definition) is 2. The van der Waals surface area contributed by atoms with Crippen molar-refractivity contribution in [3.05, 3.63) is 0 Å². The third-order valence-electron chi connectivity index (χ3n) is 3.47. The number of nitrogens with two attached hydrogens (primary N) is 1. The Kier molecular flexibility index (Phi) is 4.59. The molecule has 3 N–H and O–H groups in total. The summed E-state index contributed by atoms with van der Waals surface area (Å²) in [4.78, 5) is 11.9. The summed E-state index contributed by atoms with van der Waals surface area (Å²) in [6, 6.07) is -0.0278. The molecular formula is C14H28N2O. The molecule has 0 heterocycles. The molecule has 100 valence electrons. The monoisotopic (exact) mass is 240 g/mol. The van der Waals surface area contributed by atoms with Gasteiger partial charge in [0.25, 0.3) is 0 Å². The smallest absolute Gasteiger partial charge is 0.221 e. The molecule has 0 aromatic rings. The van der Waals surface area contributed by atoms with Crippen molar-refractivity contribution in [1.29, 1.82) is 0 Å². The van der Waals surface area contributed by atoms with Crippen molar-refractivity contribution in [3.63, 3.8) is 0 Å². The van der Waals surface area contributed by atoms with Crippen molar-refractivity contribution in [3.8, 4) is 0 Å². The Hall–Kier alpha value is -0.570. The molecule has 1 saturated carbocycles. The van der Waals surface area contributed by atoms with Crippen molar-refractivity contribution in [1.82, 2.24) is 5.32 Å². The third kappa shape index (κ3) is 5.53. The zero-order valence-electron chi connectivity index (χ0n) is 11.8. The van der Waals surface area contributed by atoms with Gasteiger partial charge in [-0.2, -0.15) is 0 Å². The minimum atomic E-state index is -0.0278. The Morgan fingerprint density at radius 2 is 1.88 bits per heavy atom. The Morgan fingerprint density at radius 1 is 1.35 bits per heavy atom. The molecule has 0 aromatic carbocycles. The summed E-state index contributed by atoms with van der Waals surface area (Å²) < 4.78 is 0. The number of amides is 1. The van der Waals surface area contributed by atoms with Crippen molar-refractivity contribution in [2.24, 2.45) is 11.1 Å². The van der Waals surface area contributed by atoms with E-state index in [9.17, 15) is 4.79 Å². The van der Waals surface area contributed by atoms with Crippen LogP contribution in [-0.2, 0) is 4.79 Å². The second-order valence-corrected chi connectivity index (χ2v) is 7.04. The fourth-order valence-corrected chi connectivity index (χ4v) is 2.76. The zero-order chi connectivity index (χ0) is 13.1. The summed E-state index contributed by atoms with van der Waals surface area (Å²) in [5.74, 6) is 0.117. The lowest BCUT2D eigenvalue weighted by molar-refractivity contribution is -0.123. The molecule has 0 aliphatic heterocycles. The average Bonchev–Trinajstić information content (AvgIpc) is 2.46. The Labute approximate surface area is 106 Å². The average molecular weight is 240 g/mol. The molecule has 1 amide bonds. The van der Waals surface area contributed by atoms with Crippen LogP contribution in [0.15, 0.2) is 0 Å². The molecule has 1 aliphatic rings. The van der Waals surface area contributed by atoms with E-state index < -0.39 is 0 Å². The molecule has 0 aromatic heterocycles. The van der Waals surface area contributed by atoms with Gasteiger partial charge in [0.2, 0.25) is 5.91 Å². The fourth-order valence-electron chi connectivity index (χ4n) is 2.76. The largest absolute Gasteiger partial charge is 0.351 e. The standard InChI is InChI=1S/C14H28N2O/c1-13(2,3)10-11(15)9-12(17)16-14(4)7-5-6-8-14/h11H,5-10,15H2,1-4H3,(H,16,17). The number of rotatable bonds is 4. The summed E-state index contributed by atoms with van der Waals surface area (Å²) in [5.41, 5.74) is 6.24. The summed E-state index contributed by atoms with van der Waals surface area (Å²) in [6.45, 7) is 8.61. The van der Waals surface area contributed by atoms with Crippen LogP contribution in [0.4, 0.5) is 0 Å². The first-order valence-electron chi connectivity index (χ1n) is 6.77. The minimum Gasteiger partial charge on any atom is -0.351 e. The predicted molar refractivity (Wildman–Crippen MR) is 71.7 cm³/mol. The van der Waals surface area contributed by atoms with Gasteiger partial charge in [-0.15, -0.1) is 0 Å². The van der Waals surface area contributed by atoms with E-state index in [0.717, 1.165) is 19.3 Å². The lowest BCUT2D eigenvalue weighted by atomic mass is 9.87. The van der Waals surface area contributed by atoms with Gasteiger partial charge in [0, 0.05) is 18.0 Å². The van der Waals surface area contributed by atoms with Crippen LogP contribution in [0.25, 0.3) is 0 Å². The highest BCUT2D eigenvalue weighted by Crippen LogP contribution is 2.29. The van der Waals surface area contributed by atoms with Gasteiger partial charge in [0.05, 0.1) is 0 Å². The van der Waals surface area contributed by atoms with E-state index in [4.69, 9.17) is 5.73 Å². The second kappa shape index (κ2) is 5.38. The van der Waals surface area contributed by atoms with E-state index in [2.05, 4.69) is 33.0 Å². The third-order valence-corrected chi connectivity index (χ3v) is 3.47. The molecule has 3 heteroatoms. The molecule has 1 unspecified atom stereocenters. The van der Waals surface area contributed by atoms with Gasteiger partial charge in [-0.25, -0.2) is 0 Å². The van der Waals surface area contributed by atoms with Gasteiger partial charge >= 0.3 is 0 Å². The van der Waals surface area contributed by atoms with Crippen LogP contribution in [0.5, 0.6) is 0 Å². The lowest BCUT2D eigenvalue weighted by Gasteiger charge is -2.27. The molecule has 1 aliphatic carbocycles. The molecule has 1 rings (SSSR count). The molecule has 17 heavy (non-hydrogen) atoms. The van der Waals surface area contributed by atoms with Crippen LogP contribution < -0.4 is 11.1 Å². The molecule has 0 bridgehead atoms. The zero-order valence-corrected chi connectivity index (χ0v) is 11.8. The van der Waals surface area contributed by atoms with Crippen LogP contribution >= 0.6 is 0 Å². The molecular weight excluding hydrogens is 212 g/mol. The molecule has 0 spiro atoms. The van der Waals surface area contributed by atoms with Gasteiger partial charge in [0.1, 0.15) is 0 Å². The summed E-state index contributed by atoms with van der Waals surface area (Å²) in [6.07, 6.45) is 6.00. The quantitative estimate of drug-likeness (QED) is 0.793. The number of carbonyl (C=O) groups is 1. The first kappa shape index (κ1) is 14.5. The van der Waals surface area contributed by atoms with Gasteiger partial charge in [-0.05, 0) is 31.6 Å². The van der Waals surface area contributed by atoms with Crippen molar-refractivity contribution in [2.45, 2.75) is 77.8 Å². The Morgan fingerprint density at radius 3 is 2.35 bits per heavy atom. The molecule has 0 saturated heterocycles. The summed E-state index contributed by atoms with van der Waals surface area (Å²) in [7, 11) is 0. The minimum absolute atomic E-state index is 0.0263. The van der Waals surface area contributed by atoms with E-state index in [1.807, 2.05) is 0 Å². The SMILES string of the molecule is CC(C)(C)CC(N)CC(=O)NC1(C)CCCC1. The van der Waals surface area contributed by atoms with Crippen LogP contribution in [0.2, 0.25) is 0 Å². The maximum Gasteiger partial charge on any atom is 0.221 e. The van der Waals surface area contributed by atoms with E-state index in [1.54, 1.807) is 0 Å². The van der Waals surface area contributed by atoms with Crippen LogP contribution in [-0.4, -0.2) is 17.5 Å². The van der Waals surface area contributed by atoms with Gasteiger partial charge in [0.15, 0.2) is 0 Å². The summed E-state index contributed by atoms with van der Waals surface area (Å²) >= 11 is 0. The molecule has 0 radical (unpaired) electrons. The number of carbonyl (C=O) groups excluding carboxylic acids is 1. The highest BCUT2D eigenvalue weighted by molar-refractivity contribution is 5.77. The summed E-state index contributed by atoms with van der Waals surface area (Å²) in [5, 5.41) is 3.15. The normalized spacial score (nSPS) is 21.2. The maximum absolute atomic E-state index is 11.9. The van der Waals surface area contributed by atoms with Gasteiger partial charge in [-0.1, -0.05) is 33.6 Å². The van der Waals surface area contributed by atoms with Gasteiger partial charge in [-0.3, -0.25) is 4.79 Å². The van der Waals surface area contributed by atoms with Crippen LogP contribution in [0.1, 0.15) is 66.2 Å². The Bertz CT molecular complexity index is 262. The molecule has 3 nitrogen and oxygen atoms in total. The highest BCUT2D eigenvalue weighted by Gasteiger charge is 2.30. The van der Waals surface area contributed by atoms with Crippen molar-refractivity contribution in [2.75, 3.05) is 0 Å². The van der Waals surface area contributed by atoms with Gasteiger partial charge < -0.3 is 11.1 Å². The van der Waals surface area contributed by atoms with E-state index in [-0.39, 0.29) is 22.9 Å². The number of nitrogens with one attached hydrogen (secondary N) is 1. The first-order valence-corrected chi connectivity index (χ1v) is 6.77. The van der Waals surface area contributed by atoms with Crippen LogP contribution in [0, 0.1) is 5.41 Å². The molecule has 1 atom stereocenters. The number of hydrogen-bond acceptors (Lipinski definition) is 2. The molecule has 1 fully saturated rings. The topological polar surface area (TPSA) is 55.1 Å². The lowest BCUT2D eigenvalue weighted by Crippen LogP contribution is -2.45. The first-order chi connectivity index (χ1) is 7.70. The van der Waals surface area contributed by atoms with E-state index in [0.29, 0.717) is 6.42 Å². The maximum atomic E-state index is 11.9.